The highest BCUT2D eigenvalue weighted by Crippen LogP contribution is 2.53. The summed E-state index contributed by atoms with van der Waals surface area (Å²) in [5.41, 5.74) is -0.510. The largest absolute Gasteiger partial charge is 0.467 e. The summed E-state index contributed by atoms with van der Waals surface area (Å²) < 4.78 is 34.0. The maximum absolute atomic E-state index is 12.6. The molecule has 146 valence electrons. The van der Waals surface area contributed by atoms with Gasteiger partial charge in [0.25, 0.3) is 11.4 Å². The molecule has 0 radical (unpaired) electrons. The van der Waals surface area contributed by atoms with Crippen LogP contribution in [0.3, 0.4) is 0 Å². The molecule has 0 aliphatic heterocycles. The molecule has 26 heavy (non-hydrogen) atoms. The molecule has 2 rings (SSSR count). The lowest BCUT2D eigenvalue weighted by Gasteiger charge is -2.25. The minimum Gasteiger partial charge on any atom is -0.467 e. The molecule has 0 aromatic carbocycles. The lowest BCUT2D eigenvalue weighted by Crippen LogP contribution is -2.33. The van der Waals surface area contributed by atoms with E-state index in [0.717, 1.165) is 21.3 Å². The Morgan fingerprint density at radius 2 is 1.92 bits per heavy atom. The molecule has 1 aromatic heterocycles. The van der Waals surface area contributed by atoms with Crippen LogP contribution >= 0.6 is 7.60 Å². The Labute approximate surface area is 149 Å². The van der Waals surface area contributed by atoms with Crippen molar-refractivity contribution >= 4 is 13.6 Å². The lowest BCUT2D eigenvalue weighted by atomic mass is 10.2. The number of nitrogens with one attached hydrogen (secondary N) is 1. The van der Waals surface area contributed by atoms with Gasteiger partial charge < -0.3 is 18.5 Å². The first-order chi connectivity index (χ1) is 12.3. The van der Waals surface area contributed by atoms with Crippen molar-refractivity contribution in [2.24, 2.45) is 0 Å². The summed E-state index contributed by atoms with van der Waals surface area (Å²) in [6.45, 7) is 1.61. The van der Waals surface area contributed by atoms with Gasteiger partial charge >= 0.3 is 19.3 Å². The van der Waals surface area contributed by atoms with E-state index in [0.29, 0.717) is 24.8 Å². The molecule has 1 unspecified atom stereocenters. The van der Waals surface area contributed by atoms with Gasteiger partial charge in [-0.05, 0) is 26.2 Å². The molecule has 1 aliphatic rings. The molecule has 1 N–H and O–H groups in total. The van der Waals surface area contributed by atoms with E-state index in [1.165, 1.54) is 10.8 Å². The van der Waals surface area contributed by atoms with Crippen molar-refractivity contribution in [2.75, 3.05) is 21.3 Å². The Hall–Kier alpha value is -1.74. The van der Waals surface area contributed by atoms with E-state index in [1.54, 1.807) is 6.92 Å². The Bertz CT molecular complexity index is 809. The zero-order valence-electron chi connectivity index (χ0n) is 15.1. The standard InChI is InChI=1S/C15H23N2O8P/c1-9-8-17(15(20)16-12(9)18)10-5-6-11(7-10)25-14(13(19)22-2)26(21,23-3)24-4/h8,10-11,14H,5-7H2,1-4H3,(H,16,18,20)/t10-,11+,14?/m1/s1. The maximum Gasteiger partial charge on any atom is 0.370 e. The van der Waals surface area contributed by atoms with E-state index in [2.05, 4.69) is 9.72 Å². The molecule has 0 spiro atoms. The van der Waals surface area contributed by atoms with E-state index in [1.807, 2.05) is 0 Å². The molecule has 0 bridgehead atoms. The minimum atomic E-state index is -3.84. The first-order valence-corrected chi connectivity index (χ1v) is 9.63. The third-order valence-electron chi connectivity index (χ3n) is 4.42. The molecular formula is C15H23N2O8P. The summed E-state index contributed by atoms with van der Waals surface area (Å²) in [5, 5.41) is 0. The first kappa shape index (κ1) is 20.6. The van der Waals surface area contributed by atoms with Crippen LogP contribution in [0.25, 0.3) is 0 Å². The maximum atomic E-state index is 12.6. The zero-order valence-corrected chi connectivity index (χ0v) is 16.0. The topological polar surface area (TPSA) is 126 Å². The highest BCUT2D eigenvalue weighted by Gasteiger charge is 2.45. The molecule has 1 fully saturated rings. The highest BCUT2D eigenvalue weighted by molar-refractivity contribution is 7.55. The van der Waals surface area contributed by atoms with Crippen molar-refractivity contribution in [3.05, 3.63) is 32.6 Å². The van der Waals surface area contributed by atoms with Crippen LogP contribution in [-0.2, 0) is 27.9 Å². The van der Waals surface area contributed by atoms with Crippen LogP contribution in [0.5, 0.6) is 0 Å². The molecule has 10 nitrogen and oxygen atoms in total. The molecule has 0 amide bonds. The molecule has 1 saturated carbocycles. The van der Waals surface area contributed by atoms with Crippen LogP contribution in [0.2, 0.25) is 0 Å². The van der Waals surface area contributed by atoms with Gasteiger partial charge in [0.1, 0.15) is 0 Å². The second-order valence-corrected chi connectivity index (χ2v) is 8.26. The third kappa shape index (κ3) is 4.15. The van der Waals surface area contributed by atoms with E-state index < -0.39 is 36.8 Å². The monoisotopic (exact) mass is 390 g/mol. The first-order valence-electron chi connectivity index (χ1n) is 8.02. The zero-order chi connectivity index (χ0) is 19.5. The summed E-state index contributed by atoms with van der Waals surface area (Å²) in [5.74, 6) is -2.38. The summed E-state index contributed by atoms with van der Waals surface area (Å²) >= 11 is 0. The lowest BCUT2D eigenvalue weighted by molar-refractivity contribution is -0.152. The number of ether oxygens (including phenoxy) is 2. The quantitative estimate of drug-likeness (QED) is 0.538. The number of carbonyl (C=O) groups is 1. The predicted molar refractivity (Wildman–Crippen MR) is 91.2 cm³/mol. The SMILES string of the molecule is COC(=O)C(O[C@H]1CC[C@@H](n2cc(C)c(=O)[nH]c2=O)C1)P(=O)(OC)OC. The van der Waals surface area contributed by atoms with Crippen LogP contribution in [0.1, 0.15) is 30.9 Å². The van der Waals surface area contributed by atoms with Gasteiger partial charge in [-0.1, -0.05) is 0 Å². The number of esters is 1. The number of nitrogens with zero attached hydrogens (tertiary/aromatic N) is 1. The van der Waals surface area contributed by atoms with Crippen LogP contribution < -0.4 is 11.2 Å². The van der Waals surface area contributed by atoms with Gasteiger partial charge in [-0.3, -0.25) is 18.9 Å². The fourth-order valence-corrected chi connectivity index (χ4v) is 4.18. The van der Waals surface area contributed by atoms with Crippen molar-refractivity contribution in [1.29, 1.82) is 0 Å². The fraction of sp³-hybridized carbons (Fsp3) is 0.667. The summed E-state index contributed by atoms with van der Waals surface area (Å²) in [7, 11) is -0.385. The number of H-pyrrole nitrogens is 1. The van der Waals surface area contributed by atoms with Crippen molar-refractivity contribution in [3.63, 3.8) is 0 Å². The van der Waals surface area contributed by atoms with Crippen molar-refractivity contribution < 1.29 is 27.9 Å². The molecule has 3 atom stereocenters. The van der Waals surface area contributed by atoms with Gasteiger partial charge in [0, 0.05) is 32.0 Å². The van der Waals surface area contributed by atoms with Gasteiger partial charge in [0.2, 0.25) is 0 Å². The molecule has 1 heterocycles. The molecule has 1 aromatic rings. The Morgan fingerprint density at radius 3 is 2.50 bits per heavy atom. The Balaban J connectivity index is 2.18. The van der Waals surface area contributed by atoms with Gasteiger partial charge in [0.15, 0.2) is 0 Å². The number of carbonyl (C=O) groups excluding carboxylic acids is 1. The Kier molecular flexibility index (Phi) is 6.57. The Morgan fingerprint density at radius 1 is 1.27 bits per heavy atom. The van der Waals surface area contributed by atoms with Gasteiger partial charge in [-0.25, -0.2) is 9.59 Å². The fourth-order valence-electron chi connectivity index (χ4n) is 2.96. The average molecular weight is 390 g/mol. The normalized spacial score (nSPS) is 21.5. The molecule has 11 heteroatoms. The molecular weight excluding hydrogens is 367 g/mol. The number of aromatic nitrogens is 2. The van der Waals surface area contributed by atoms with Crippen LogP contribution in [0.15, 0.2) is 15.8 Å². The predicted octanol–water partition coefficient (Wildman–Crippen LogP) is 0.940. The third-order valence-corrected chi connectivity index (χ3v) is 6.34. The number of hydrogen-bond acceptors (Lipinski definition) is 8. The van der Waals surface area contributed by atoms with Crippen LogP contribution in [-0.4, -0.2) is 48.8 Å². The van der Waals surface area contributed by atoms with Crippen molar-refractivity contribution in [2.45, 2.75) is 44.2 Å². The number of methoxy groups -OCH3 is 1. The van der Waals surface area contributed by atoms with Gasteiger partial charge in [-0.15, -0.1) is 0 Å². The molecule has 1 aliphatic carbocycles. The van der Waals surface area contributed by atoms with E-state index in [-0.39, 0.29) is 6.04 Å². The van der Waals surface area contributed by atoms with Gasteiger partial charge in [0.05, 0.1) is 13.2 Å². The number of rotatable bonds is 7. The average Bonchev–Trinajstić information content (AvgIpc) is 3.09. The van der Waals surface area contributed by atoms with Crippen LogP contribution in [0, 0.1) is 6.92 Å². The summed E-state index contributed by atoms with van der Waals surface area (Å²) in [4.78, 5) is 37.8. The van der Waals surface area contributed by atoms with Gasteiger partial charge in [-0.2, -0.15) is 0 Å². The smallest absolute Gasteiger partial charge is 0.370 e. The highest BCUT2D eigenvalue weighted by atomic mass is 31.2. The van der Waals surface area contributed by atoms with E-state index in [4.69, 9.17) is 13.8 Å². The number of aromatic amines is 1. The molecule has 0 saturated heterocycles. The summed E-state index contributed by atoms with van der Waals surface area (Å²) in [6, 6.07) is -0.217. The van der Waals surface area contributed by atoms with Crippen molar-refractivity contribution in [3.8, 4) is 0 Å². The summed E-state index contributed by atoms with van der Waals surface area (Å²) in [6.07, 6.45) is 2.56. The number of aryl methyl sites for hydroxylation is 1. The second kappa shape index (κ2) is 8.30. The second-order valence-electron chi connectivity index (χ2n) is 5.98. The van der Waals surface area contributed by atoms with Crippen molar-refractivity contribution in [1.82, 2.24) is 9.55 Å². The van der Waals surface area contributed by atoms with Crippen LogP contribution in [0.4, 0.5) is 0 Å². The minimum absolute atomic E-state index is 0.217. The number of hydrogen-bond donors (Lipinski definition) is 1. The van der Waals surface area contributed by atoms with E-state index in [9.17, 15) is 18.9 Å². The van der Waals surface area contributed by atoms with E-state index >= 15 is 0 Å².